The fourth-order valence-electron chi connectivity index (χ4n) is 0.569. The van der Waals surface area contributed by atoms with Gasteiger partial charge in [-0.1, -0.05) is 0 Å². The third-order valence-corrected chi connectivity index (χ3v) is 2.14. The molecule has 1 nitrogen and oxygen atoms in total. The minimum absolute atomic E-state index is 0.101. The number of hydrogen-bond acceptors (Lipinski definition) is 1. The monoisotopic (exact) mass is 184 g/mol. The van der Waals surface area contributed by atoms with Crippen LogP contribution in [0.15, 0.2) is 0 Å². The van der Waals surface area contributed by atoms with E-state index in [4.69, 9.17) is 27.9 Å². The van der Waals surface area contributed by atoms with Gasteiger partial charge in [-0.3, -0.25) is 0 Å². The van der Waals surface area contributed by atoms with Crippen molar-refractivity contribution in [3.63, 3.8) is 0 Å². The van der Waals surface area contributed by atoms with Gasteiger partial charge in [-0.25, -0.2) is 0 Å². The molecule has 0 aliphatic carbocycles. The van der Waals surface area contributed by atoms with Crippen molar-refractivity contribution in [2.75, 3.05) is 19.1 Å². The van der Waals surface area contributed by atoms with Crippen molar-refractivity contribution in [2.45, 2.75) is 19.2 Å². The Hall–Kier alpha value is 0.540. The normalized spacial score (nSPS) is 16.8. The van der Waals surface area contributed by atoms with Crippen LogP contribution in [-0.4, -0.2) is 24.5 Å². The molecule has 62 valence electrons. The second-order valence-corrected chi connectivity index (χ2v) is 3.25. The van der Waals surface area contributed by atoms with Gasteiger partial charge in [0, 0.05) is 23.8 Å². The zero-order chi connectivity index (χ0) is 7.98. The fraction of sp³-hybridized carbons (Fsp3) is 1.00. The van der Waals surface area contributed by atoms with Crippen LogP contribution >= 0.6 is 23.2 Å². The lowest BCUT2D eigenvalue weighted by Gasteiger charge is -2.15. The highest BCUT2D eigenvalue weighted by atomic mass is 35.5. The number of alkyl halides is 2. The van der Waals surface area contributed by atoms with E-state index in [0.29, 0.717) is 12.5 Å². The van der Waals surface area contributed by atoms with Crippen LogP contribution in [0.4, 0.5) is 0 Å². The SMILES string of the molecule is CCOCC(CCl)C(C)Cl. The van der Waals surface area contributed by atoms with Gasteiger partial charge in [0.25, 0.3) is 0 Å². The summed E-state index contributed by atoms with van der Waals surface area (Å²) in [6.45, 7) is 5.31. The molecule has 0 aromatic heterocycles. The molecule has 0 heterocycles. The summed E-state index contributed by atoms with van der Waals surface area (Å²) in [5.41, 5.74) is 0. The van der Waals surface area contributed by atoms with Crippen molar-refractivity contribution >= 4 is 23.2 Å². The van der Waals surface area contributed by atoms with Gasteiger partial charge in [-0.15, -0.1) is 23.2 Å². The first kappa shape index (κ1) is 10.5. The summed E-state index contributed by atoms with van der Waals surface area (Å²) in [5, 5.41) is 0.101. The van der Waals surface area contributed by atoms with E-state index in [9.17, 15) is 0 Å². The molecule has 0 aromatic rings. The van der Waals surface area contributed by atoms with Gasteiger partial charge < -0.3 is 4.74 Å². The third kappa shape index (κ3) is 4.37. The van der Waals surface area contributed by atoms with Crippen LogP contribution in [-0.2, 0) is 4.74 Å². The molecule has 0 rings (SSSR count). The Morgan fingerprint density at radius 1 is 1.50 bits per heavy atom. The molecule has 0 aliphatic heterocycles. The molecule has 0 N–H and O–H groups in total. The van der Waals surface area contributed by atoms with Gasteiger partial charge in [0.1, 0.15) is 0 Å². The molecule has 0 saturated carbocycles. The van der Waals surface area contributed by atoms with Gasteiger partial charge in [0.05, 0.1) is 6.61 Å². The molecule has 2 atom stereocenters. The molecule has 0 radical (unpaired) electrons. The van der Waals surface area contributed by atoms with Crippen LogP contribution in [0.3, 0.4) is 0 Å². The first-order chi connectivity index (χ1) is 4.72. The molecular formula is C7H14Cl2O. The average molecular weight is 185 g/mol. The zero-order valence-corrected chi connectivity index (χ0v) is 7.95. The van der Waals surface area contributed by atoms with Gasteiger partial charge >= 0.3 is 0 Å². The maximum atomic E-state index is 5.82. The van der Waals surface area contributed by atoms with E-state index in [2.05, 4.69) is 0 Å². The highest BCUT2D eigenvalue weighted by Gasteiger charge is 2.12. The Kier molecular flexibility index (Phi) is 6.60. The summed E-state index contributed by atoms with van der Waals surface area (Å²) in [6.07, 6.45) is 0. The maximum Gasteiger partial charge on any atom is 0.0519 e. The lowest BCUT2D eigenvalue weighted by Crippen LogP contribution is -2.19. The van der Waals surface area contributed by atoms with Crippen molar-refractivity contribution in [1.29, 1.82) is 0 Å². The smallest absolute Gasteiger partial charge is 0.0519 e. The molecule has 0 spiro atoms. The Morgan fingerprint density at radius 3 is 2.40 bits per heavy atom. The van der Waals surface area contributed by atoms with Gasteiger partial charge in [-0.2, -0.15) is 0 Å². The van der Waals surface area contributed by atoms with Crippen LogP contribution in [0.5, 0.6) is 0 Å². The Bertz CT molecular complexity index is 76.0. The second-order valence-electron chi connectivity index (χ2n) is 2.25. The molecule has 0 saturated heterocycles. The van der Waals surface area contributed by atoms with E-state index >= 15 is 0 Å². The summed E-state index contributed by atoms with van der Waals surface area (Å²) in [5.74, 6) is 0.855. The summed E-state index contributed by atoms with van der Waals surface area (Å²) in [6, 6.07) is 0. The van der Waals surface area contributed by atoms with Crippen molar-refractivity contribution in [1.82, 2.24) is 0 Å². The highest BCUT2D eigenvalue weighted by molar-refractivity contribution is 6.22. The standard InChI is InChI=1S/C7H14Cl2O/c1-3-10-5-7(4-8)6(2)9/h6-7H,3-5H2,1-2H3. The molecule has 0 bridgehead atoms. The zero-order valence-electron chi connectivity index (χ0n) is 6.44. The lowest BCUT2D eigenvalue weighted by molar-refractivity contribution is 0.117. The lowest BCUT2D eigenvalue weighted by atomic mass is 10.1. The van der Waals surface area contributed by atoms with Crippen molar-refractivity contribution in [3.05, 3.63) is 0 Å². The molecule has 0 amide bonds. The van der Waals surface area contributed by atoms with Crippen LogP contribution in [0.1, 0.15) is 13.8 Å². The minimum Gasteiger partial charge on any atom is -0.381 e. The van der Waals surface area contributed by atoms with E-state index in [1.54, 1.807) is 0 Å². The summed E-state index contributed by atoms with van der Waals surface area (Å²) < 4.78 is 5.18. The van der Waals surface area contributed by atoms with Gasteiger partial charge in [0.15, 0.2) is 0 Å². The van der Waals surface area contributed by atoms with Gasteiger partial charge in [-0.05, 0) is 13.8 Å². The Morgan fingerprint density at radius 2 is 2.10 bits per heavy atom. The van der Waals surface area contributed by atoms with Crippen LogP contribution < -0.4 is 0 Å². The Balaban J connectivity index is 3.40. The quantitative estimate of drug-likeness (QED) is 0.598. The number of hydrogen-bond donors (Lipinski definition) is 0. The third-order valence-electron chi connectivity index (χ3n) is 1.38. The van der Waals surface area contributed by atoms with E-state index in [0.717, 1.165) is 6.61 Å². The van der Waals surface area contributed by atoms with E-state index in [-0.39, 0.29) is 11.3 Å². The first-order valence-corrected chi connectivity index (χ1v) is 4.47. The van der Waals surface area contributed by atoms with Crippen LogP contribution in [0, 0.1) is 5.92 Å². The molecule has 2 unspecified atom stereocenters. The van der Waals surface area contributed by atoms with E-state index < -0.39 is 0 Å². The topological polar surface area (TPSA) is 9.23 Å². The first-order valence-electron chi connectivity index (χ1n) is 3.50. The fourth-order valence-corrected chi connectivity index (χ4v) is 1.18. The molecule has 0 fully saturated rings. The predicted octanol–water partition coefficient (Wildman–Crippen LogP) is 2.51. The molecular weight excluding hydrogens is 171 g/mol. The maximum absolute atomic E-state index is 5.82. The predicted molar refractivity (Wildman–Crippen MR) is 46.0 cm³/mol. The largest absolute Gasteiger partial charge is 0.381 e. The van der Waals surface area contributed by atoms with Crippen molar-refractivity contribution < 1.29 is 4.74 Å². The van der Waals surface area contributed by atoms with E-state index in [1.165, 1.54) is 0 Å². The number of rotatable bonds is 5. The number of halogens is 2. The van der Waals surface area contributed by atoms with Crippen LogP contribution in [0.2, 0.25) is 0 Å². The van der Waals surface area contributed by atoms with Crippen molar-refractivity contribution in [2.24, 2.45) is 5.92 Å². The molecule has 0 aliphatic rings. The summed E-state index contributed by atoms with van der Waals surface area (Å²) >= 11 is 11.4. The summed E-state index contributed by atoms with van der Waals surface area (Å²) in [4.78, 5) is 0. The molecule has 10 heavy (non-hydrogen) atoms. The summed E-state index contributed by atoms with van der Waals surface area (Å²) in [7, 11) is 0. The second kappa shape index (κ2) is 6.26. The molecule has 0 aromatic carbocycles. The average Bonchev–Trinajstić information content (AvgIpc) is 1.89. The highest BCUT2D eigenvalue weighted by Crippen LogP contribution is 2.12. The van der Waals surface area contributed by atoms with Crippen LogP contribution in [0.25, 0.3) is 0 Å². The number of ether oxygens (including phenoxy) is 1. The van der Waals surface area contributed by atoms with E-state index in [1.807, 2.05) is 13.8 Å². The molecule has 3 heteroatoms. The Labute approximate surface area is 72.6 Å². The minimum atomic E-state index is 0.101. The van der Waals surface area contributed by atoms with Gasteiger partial charge in [0.2, 0.25) is 0 Å². The van der Waals surface area contributed by atoms with Crippen molar-refractivity contribution in [3.8, 4) is 0 Å².